The molecular weight excluding hydrogens is 446 g/mol. The standard InChI is InChI=1S/C26H28F2O2S2/c27-22-20(29-6-1-7-31)4-2-18-19-3-5-21(23(28)25(19)32-24(18)22)30-14-26-11-15-8-16(12-26)10-17(9-15)13-26/h2-5,15-17,31H,1,6-14H2/t15-,16?,17?,26-. The van der Waals surface area contributed by atoms with Crippen LogP contribution in [0.4, 0.5) is 8.78 Å². The summed E-state index contributed by atoms with van der Waals surface area (Å²) in [5, 5.41) is 1.45. The molecule has 0 atom stereocenters. The van der Waals surface area contributed by atoms with Crippen LogP contribution in [0, 0.1) is 34.8 Å². The van der Waals surface area contributed by atoms with Gasteiger partial charge in [-0.25, -0.2) is 8.78 Å². The zero-order valence-corrected chi connectivity index (χ0v) is 19.8. The molecule has 2 aromatic carbocycles. The van der Waals surface area contributed by atoms with Crippen molar-refractivity contribution < 1.29 is 18.3 Å². The van der Waals surface area contributed by atoms with Crippen molar-refractivity contribution in [2.75, 3.05) is 19.0 Å². The maximum atomic E-state index is 15.5. The molecule has 0 N–H and O–H groups in total. The van der Waals surface area contributed by atoms with Gasteiger partial charge in [-0.15, -0.1) is 11.3 Å². The Morgan fingerprint density at radius 2 is 1.38 bits per heavy atom. The monoisotopic (exact) mass is 474 g/mol. The molecule has 7 rings (SSSR count). The first-order valence-electron chi connectivity index (χ1n) is 11.7. The van der Waals surface area contributed by atoms with Gasteiger partial charge in [-0.2, -0.15) is 12.6 Å². The lowest BCUT2D eigenvalue weighted by Crippen LogP contribution is -2.48. The Balaban J connectivity index is 1.28. The highest BCUT2D eigenvalue weighted by Gasteiger charge is 2.51. The normalized spacial score (nSPS) is 28.7. The topological polar surface area (TPSA) is 18.5 Å². The summed E-state index contributed by atoms with van der Waals surface area (Å²) in [5.41, 5.74) is 0.224. The van der Waals surface area contributed by atoms with Gasteiger partial charge in [0.15, 0.2) is 23.1 Å². The first-order chi connectivity index (χ1) is 15.5. The summed E-state index contributed by atoms with van der Waals surface area (Å²) < 4.78 is 43.1. The first-order valence-corrected chi connectivity index (χ1v) is 13.2. The molecule has 170 valence electrons. The van der Waals surface area contributed by atoms with Crippen LogP contribution in [0.5, 0.6) is 11.5 Å². The van der Waals surface area contributed by atoms with E-state index in [1.807, 2.05) is 12.1 Å². The molecular formula is C26H28F2O2S2. The van der Waals surface area contributed by atoms with Gasteiger partial charge in [0, 0.05) is 16.2 Å². The van der Waals surface area contributed by atoms with Crippen LogP contribution in [-0.4, -0.2) is 19.0 Å². The lowest BCUT2D eigenvalue weighted by Gasteiger charge is -2.56. The Bertz CT molecular complexity index is 1140. The molecule has 32 heavy (non-hydrogen) atoms. The van der Waals surface area contributed by atoms with E-state index < -0.39 is 5.82 Å². The van der Waals surface area contributed by atoms with Gasteiger partial charge in [0.1, 0.15) is 0 Å². The third kappa shape index (κ3) is 3.49. The van der Waals surface area contributed by atoms with Gasteiger partial charge in [0.25, 0.3) is 0 Å². The number of thiol groups is 1. The molecule has 4 bridgehead atoms. The molecule has 0 spiro atoms. The highest BCUT2D eigenvalue weighted by molar-refractivity contribution is 7.80. The smallest absolute Gasteiger partial charge is 0.182 e. The number of rotatable bonds is 7. The largest absolute Gasteiger partial charge is 0.490 e. The van der Waals surface area contributed by atoms with Gasteiger partial charge in [-0.05, 0) is 92.7 Å². The Labute approximate surface area is 196 Å². The average molecular weight is 475 g/mol. The molecule has 3 aromatic rings. The van der Waals surface area contributed by atoms with E-state index in [2.05, 4.69) is 12.6 Å². The van der Waals surface area contributed by atoms with Crippen LogP contribution in [-0.2, 0) is 0 Å². The van der Waals surface area contributed by atoms with Crippen LogP contribution in [0.25, 0.3) is 20.2 Å². The van der Waals surface area contributed by atoms with Gasteiger partial charge in [0.2, 0.25) is 0 Å². The molecule has 0 saturated heterocycles. The van der Waals surface area contributed by atoms with Gasteiger partial charge < -0.3 is 9.47 Å². The number of ether oxygens (including phenoxy) is 2. The Kier molecular flexibility index (Phi) is 5.29. The Hall–Kier alpha value is -1.53. The van der Waals surface area contributed by atoms with Crippen molar-refractivity contribution >= 4 is 44.1 Å². The maximum Gasteiger partial charge on any atom is 0.182 e. The second kappa shape index (κ2) is 8.05. The van der Waals surface area contributed by atoms with Crippen LogP contribution in [0.15, 0.2) is 24.3 Å². The minimum absolute atomic E-state index is 0.213. The Morgan fingerprint density at radius 1 is 0.844 bits per heavy atom. The van der Waals surface area contributed by atoms with Crippen LogP contribution >= 0.6 is 24.0 Å². The lowest BCUT2D eigenvalue weighted by atomic mass is 9.50. The minimum atomic E-state index is -0.418. The van der Waals surface area contributed by atoms with Crippen molar-refractivity contribution in [1.82, 2.24) is 0 Å². The molecule has 0 unspecified atom stereocenters. The van der Waals surface area contributed by atoms with Gasteiger partial charge >= 0.3 is 0 Å². The summed E-state index contributed by atoms with van der Waals surface area (Å²) in [6.07, 6.45) is 8.58. The molecule has 4 aliphatic rings. The van der Waals surface area contributed by atoms with Crippen molar-refractivity contribution in [2.45, 2.75) is 44.9 Å². The van der Waals surface area contributed by atoms with Crippen molar-refractivity contribution in [1.29, 1.82) is 0 Å². The summed E-state index contributed by atoms with van der Waals surface area (Å²) in [4.78, 5) is 0. The first kappa shape index (κ1) is 21.0. The summed E-state index contributed by atoms with van der Waals surface area (Å²) >= 11 is 5.30. The maximum absolute atomic E-state index is 15.5. The summed E-state index contributed by atoms with van der Waals surface area (Å²) in [6.45, 7) is 1.01. The van der Waals surface area contributed by atoms with Crippen molar-refractivity contribution in [2.24, 2.45) is 23.2 Å². The van der Waals surface area contributed by atoms with E-state index in [9.17, 15) is 0 Å². The molecule has 0 aliphatic heterocycles. The minimum Gasteiger partial charge on any atom is -0.490 e. The zero-order valence-electron chi connectivity index (χ0n) is 18.0. The van der Waals surface area contributed by atoms with E-state index in [0.29, 0.717) is 34.1 Å². The molecule has 4 fully saturated rings. The van der Waals surface area contributed by atoms with Gasteiger partial charge in [-0.3, -0.25) is 0 Å². The fourth-order valence-corrected chi connectivity index (χ4v) is 8.26. The highest BCUT2D eigenvalue weighted by Crippen LogP contribution is 2.60. The number of halogens is 2. The average Bonchev–Trinajstić information content (AvgIpc) is 3.14. The molecule has 1 heterocycles. The molecule has 1 aromatic heterocycles. The number of hydrogen-bond acceptors (Lipinski definition) is 4. The van der Waals surface area contributed by atoms with E-state index >= 15 is 8.78 Å². The fraction of sp³-hybridized carbons (Fsp3) is 0.538. The van der Waals surface area contributed by atoms with E-state index in [-0.39, 0.29) is 17.0 Å². The quantitative estimate of drug-likeness (QED) is 0.280. The van der Waals surface area contributed by atoms with Crippen LogP contribution < -0.4 is 9.47 Å². The number of thiophene rings is 1. The molecule has 4 aliphatic carbocycles. The molecule has 0 amide bonds. The van der Waals surface area contributed by atoms with Crippen molar-refractivity contribution in [3.63, 3.8) is 0 Å². The van der Waals surface area contributed by atoms with Crippen molar-refractivity contribution in [3.8, 4) is 11.5 Å². The highest BCUT2D eigenvalue weighted by atomic mass is 32.1. The molecule has 4 saturated carbocycles. The predicted octanol–water partition coefficient (Wildman–Crippen LogP) is 7.63. The second-order valence-corrected chi connectivity index (χ2v) is 11.7. The predicted molar refractivity (Wildman–Crippen MR) is 129 cm³/mol. The number of hydrogen-bond donors (Lipinski definition) is 1. The molecule has 6 heteroatoms. The van der Waals surface area contributed by atoms with Crippen molar-refractivity contribution in [3.05, 3.63) is 35.9 Å². The van der Waals surface area contributed by atoms with Gasteiger partial charge in [0.05, 0.1) is 22.6 Å². The Morgan fingerprint density at radius 3 is 1.91 bits per heavy atom. The third-order valence-corrected chi connectivity index (χ3v) is 9.40. The summed E-state index contributed by atoms with van der Waals surface area (Å²) in [5.74, 6) is 2.92. The van der Waals surface area contributed by atoms with Crippen LogP contribution in [0.3, 0.4) is 0 Å². The number of benzene rings is 2. The fourth-order valence-electron chi connectivity index (χ4n) is 6.97. The van der Waals surface area contributed by atoms with E-state index in [4.69, 9.17) is 9.47 Å². The summed E-state index contributed by atoms with van der Waals surface area (Å²) in [6, 6.07) is 7.05. The lowest BCUT2D eigenvalue weighted by molar-refractivity contribution is -0.0749. The third-order valence-electron chi connectivity index (χ3n) is 7.88. The zero-order chi connectivity index (χ0) is 21.9. The molecule has 2 nitrogen and oxygen atoms in total. The summed E-state index contributed by atoms with van der Waals surface area (Å²) in [7, 11) is 0. The van der Waals surface area contributed by atoms with Gasteiger partial charge in [-0.1, -0.05) is 0 Å². The van der Waals surface area contributed by atoms with E-state index in [0.717, 1.165) is 46.3 Å². The SMILES string of the molecule is Fc1c(OCCCS)ccc2c1sc1c(F)c(OC[C@]34CC5CC(C[C@H](C5)C3)C4)ccc12. The van der Waals surface area contributed by atoms with E-state index in [1.54, 1.807) is 12.1 Å². The van der Waals surface area contributed by atoms with Crippen LogP contribution in [0.1, 0.15) is 44.9 Å². The van der Waals surface area contributed by atoms with Crippen LogP contribution in [0.2, 0.25) is 0 Å². The number of fused-ring (bicyclic) bond motifs is 3. The second-order valence-electron chi connectivity index (χ2n) is 10.2. The molecule has 0 radical (unpaired) electrons. The van der Waals surface area contributed by atoms with E-state index in [1.165, 1.54) is 38.5 Å².